The lowest BCUT2D eigenvalue weighted by molar-refractivity contribution is -0.112. The minimum atomic E-state index is -0.454. The Hall–Kier alpha value is -2.84. The maximum atomic E-state index is 12.4. The van der Waals surface area contributed by atoms with Crippen LogP contribution < -0.4 is 10.1 Å². The van der Waals surface area contributed by atoms with Crippen molar-refractivity contribution in [2.45, 2.75) is 13.3 Å². The Morgan fingerprint density at radius 1 is 1.35 bits per heavy atom. The van der Waals surface area contributed by atoms with Crippen LogP contribution in [0.5, 0.6) is 5.75 Å². The first-order valence-corrected chi connectivity index (χ1v) is 8.92. The van der Waals surface area contributed by atoms with E-state index in [1.165, 1.54) is 0 Å². The van der Waals surface area contributed by atoms with Crippen LogP contribution in [0.15, 0.2) is 65.2 Å². The van der Waals surface area contributed by atoms with Crippen LogP contribution in [0.1, 0.15) is 18.1 Å². The third-order valence-corrected chi connectivity index (χ3v) is 4.00. The van der Waals surface area contributed by atoms with Gasteiger partial charge in [0.15, 0.2) is 0 Å². The van der Waals surface area contributed by atoms with E-state index >= 15 is 0 Å². The second-order valence-electron chi connectivity index (χ2n) is 5.43. The number of carbonyl (C=O) groups is 1. The summed E-state index contributed by atoms with van der Waals surface area (Å²) in [6, 6.07) is 14.7. The van der Waals surface area contributed by atoms with Crippen LogP contribution in [-0.4, -0.2) is 12.5 Å². The number of nitrogens with one attached hydrogen (secondary N) is 1. The van der Waals surface area contributed by atoms with Crippen molar-refractivity contribution in [3.8, 4) is 11.8 Å². The van der Waals surface area contributed by atoms with Gasteiger partial charge in [-0.2, -0.15) is 5.26 Å². The van der Waals surface area contributed by atoms with Crippen LogP contribution in [-0.2, 0) is 11.2 Å². The lowest BCUT2D eigenvalue weighted by Gasteiger charge is -2.10. The van der Waals surface area contributed by atoms with E-state index in [1.807, 2.05) is 43.3 Å². The lowest BCUT2D eigenvalue weighted by Crippen LogP contribution is -2.13. The minimum Gasteiger partial charge on any atom is -0.494 e. The van der Waals surface area contributed by atoms with Gasteiger partial charge in [-0.15, -0.1) is 6.58 Å². The molecular formula is C21H19BrN2O2. The summed E-state index contributed by atoms with van der Waals surface area (Å²) in [6.45, 7) is 6.24. The van der Waals surface area contributed by atoms with E-state index in [2.05, 4.69) is 27.8 Å². The summed E-state index contributed by atoms with van der Waals surface area (Å²) in [7, 11) is 0. The normalized spacial score (nSPS) is 10.7. The van der Waals surface area contributed by atoms with Gasteiger partial charge in [0, 0.05) is 10.2 Å². The Morgan fingerprint density at radius 2 is 2.15 bits per heavy atom. The number of nitrogens with zero attached hydrogens (tertiary/aromatic N) is 1. The number of anilines is 1. The van der Waals surface area contributed by atoms with Crippen molar-refractivity contribution < 1.29 is 9.53 Å². The maximum Gasteiger partial charge on any atom is 0.266 e. The van der Waals surface area contributed by atoms with E-state index in [1.54, 1.807) is 24.3 Å². The van der Waals surface area contributed by atoms with Gasteiger partial charge in [-0.05, 0) is 60.9 Å². The van der Waals surface area contributed by atoms with Crippen LogP contribution in [0.25, 0.3) is 6.08 Å². The van der Waals surface area contributed by atoms with Gasteiger partial charge in [0.1, 0.15) is 17.4 Å². The average molecular weight is 411 g/mol. The SMILES string of the molecule is C=CCc1cc(/C=C(/C#N)C(=O)Nc2cccc(Br)c2)ccc1OCC. The molecule has 2 aromatic carbocycles. The van der Waals surface area contributed by atoms with Gasteiger partial charge in [-0.3, -0.25) is 4.79 Å². The molecule has 0 bridgehead atoms. The fourth-order valence-electron chi connectivity index (χ4n) is 2.38. The molecule has 0 saturated heterocycles. The fraction of sp³-hybridized carbons (Fsp3) is 0.143. The molecule has 5 heteroatoms. The van der Waals surface area contributed by atoms with Crippen molar-refractivity contribution in [3.63, 3.8) is 0 Å². The van der Waals surface area contributed by atoms with E-state index in [-0.39, 0.29) is 5.57 Å². The molecule has 1 amide bonds. The predicted molar refractivity (Wildman–Crippen MR) is 108 cm³/mol. The Bertz CT molecular complexity index is 882. The molecular weight excluding hydrogens is 392 g/mol. The molecule has 0 fully saturated rings. The van der Waals surface area contributed by atoms with Crippen LogP contribution in [0, 0.1) is 11.3 Å². The summed E-state index contributed by atoms with van der Waals surface area (Å²) in [5.74, 6) is 0.325. The number of allylic oxidation sites excluding steroid dienone is 1. The zero-order valence-electron chi connectivity index (χ0n) is 14.5. The predicted octanol–water partition coefficient (Wildman–Crippen LogP) is 5.12. The summed E-state index contributed by atoms with van der Waals surface area (Å²) in [4.78, 5) is 12.4. The van der Waals surface area contributed by atoms with Gasteiger partial charge in [0.2, 0.25) is 0 Å². The van der Waals surface area contributed by atoms with Crippen molar-refractivity contribution in [1.82, 2.24) is 0 Å². The number of rotatable bonds is 7. The highest BCUT2D eigenvalue weighted by atomic mass is 79.9. The van der Waals surface area contributed by atoms with Gasteiger partial charge in [-0.25, -0.2) is 0 Å². The van der Waals surface area contributed by atoms with Crippen LogP contribution in [0.3, 0.4) is 0 Å². The first-order chi connectivity index (χ1) is 12.6. The van der Waals surface area contributed by atoms with E-state index in [4.69, 9.17) is 4.74 Å². The van der Waals surface area contributed by atoms with Gasteiger partial charge in [-0.1, -0.05) is 34.1 Å². The molecule has 0 heterocycles. The number of benzene rings is 2. The standard InChI is InChI=1S/C21H19BrN2O2/c1-3-6-16-11-15(9-10-20(16)26-4-2)12-17(14-23)21(25)24-19-8-5-7-18(22)13-19/h3,5,7-13H,1,4,6H2,2H3,(H,24,25)/b17-12-. The molecule has 26 heavy (non-hydrogen) atoms. The second-order valence-corrected chi connectivity index (χ2v) is 6.34. The summed E-state index contributed by atoms with van der Waals surface area (Å²) >= 11 is 3.35. The lowest BCUT2D eigenvalue weighted by atomic mass is 10.0. The average Bonchev–Trinajstić information content (AvgIpc) is 2.62. The number of halogens is 1. The number of ether oxygens (including phenoxy) is 1. The van der Waals surface area contributed by atoms with E-state index in [0.717, 1.165) is 21.3 Å². The van der Waals surface area contributed by atoms with E-state index in [0.29, 0.717) is 18.7 Å². The van der Waals surface area contributed by atoms with Crippen molar-refractivity contribution >= 4 is 33.6 Å². The minimum absolute atomic E-state index is 0.0266. The Kier molecular flexibility index (Phi) is 7.19. The first-order valence-electron chi connectivity index (χ1n) is 8.12. The summed E-state index contributed by atoms with van der Waals surface area (Å²) < 4.78 is 6.44. The van der Waals surface area contributed by atoms with Gasteiger partial charge >= 0.3 is 0 Å². The third kappa shape index (κ3) is 5.33. The zero-order valence-corrected chi connectivity index (χ0v) is 16.0. The highest BCUT2D eigenvalue weighted by molar-refractivity contribution is 9.10. The number of amides is 1. The molecule has 0 aromatic heterocycles. The molecule has 2 aromatic rings. The van der Waals surface area contributed by atoms with Gasteiger partial charge < -0.3 is 10.1 Å². The molecule has 4 nitrogen and oxygen atoms in total. The largest absolute Gasteiger partial charge is 0.494 e. The highest BCUT2D eigenvalue weighted by Crippen LogP contribution is 2.23. The third-order valence-electron chi connectivity index (χ3n) is 3.51. The molecule has 0 unspecified atom stereocenters. The second kappa shape index (κ2) is 9.59. The molecule has 0 aliphatic heterocycles. The first kappa shape index (κ1) is 19.5. The molecule has 0 spiro atoms. The molecule has 1 N–H and O–H groups in total. The number of nitriles is 1. The van der Waals surface area contributed by atoms with E-state index in [9.17, 15) is 10.1 Å². The summed E-state index contributed by atoms with van der Waals surface area (Å²) in [5.41, 5.74) is 2.36. The molecule has 132 valence electrons. The van der Waals surface area contributed by atoms with Crippen LogP contribution >= 0.6 is 15.9 Å². The molecule has 0 aliphatic rings. The summed E-state index contributed by atoms with van der Waals surface area (Å²) in [5, 5.41) is 12.1. The summed E-state index contributed by atoms with van der Waals surface area (Å²) in [6.07, 6.45) is 4.00. The molecule has 0 aliphatic carbocycles. The number of hydrogen-bond donors (Lipinski definition) is 1. The van der Waals surface area contributed by atoms with E-state index < -0.39 is 5.91 Å². The van der Waals surface area contributed by atoms with Crippen molar-refractivity contribution in [2.24, 2.45) is 0 Å². The Balaban J connectivity index is 2.27. The quantitative estimate of drug-likeness (QED) is 0.391. The Labute approximate surface area is 161 Å². The molecule has 0 atom stereocenters. The van der Waals surface area contributed by atoms with Gasteiger partial charge in [0.05, 0.1) is 6.61 Å². The van der Waals surface area contributed by atoms with Crippen LogP contribution in [0.2, 0.25) is 0 Å². The zero-order chi connectivity index (χ0) is 18.9. The topological polar surface area (TPSA) is 62.1 Å². The molecule has 0 radical (unpaired) electrons. The highest BCUT2D eigenvalue weighted by Gasteiger charge is 2.11. The van der Waals surface area contributed by atoms with Crippen LogP contribution in [0.4, 0.5) is 5.69 Å². The van der Waals surface area contributed by atoms with Crippen molar-refractivity contribution in [3.05, 3.63) is 76.3 Å². The fourth-order valence-corrected chi connectivity index (χ4v) is 2.78. The molecule has 2 rings (SSSR count). The number of carbonyl (C=O) groups excluding carboxylic acids is 1. The number of hydrogen-bond acceptors (Lipinski definition) is 3. The van der Waals surface area contributed by atoms with Crippen molar-refractivity contribution in [1.29, 1.82) is 5.26 Å². The van der Waals surface area contributed by atoms with Crippen molar-refractivity contribution in [2.75, 3.05) is 11.9 Å². The maximum absolute atomic E-state index is 12.4. The van der Waals surface area contributed by atoms with Gasteiger partial charge in [0.25, 0.3) is 5.91 Å². The monoisotopic (exact) mass is 410 g/mol. The smallest absolute Gasteiger partial charge is 0.266 e. The Morgan fingerprint density at radius 3 is 2.81 bits per heavy atom. The molecule has 0 saturated carbocycles.